The van der Waals surface area contributed by atoms with E-state index in [1.165, 1.54) is 11.3 Å². The van der Waals surface area contributed by atoms with E-state index in [-0.39, 0.29) is 0 Å². The monoisotopic (exact) mass is 381 g/mol. The van der Waals surface area contributed by atoms with Crippen LogP contribution >= 0.6 is 11.3 Å². The van der Waals surface area contributed by atoms with Gasteiger partial charge in [-0.25, -0.2) is 4.98 Å². The lowest BCUT2D eigenvalue weighted by Gasteiger charge is -2.10. The Hall–Kier alpha value is -2.86. The highest BCUT2D eigenvalue weighted by molar-refractivity contribution is 7.14. The van der Waals surface area contributed by atoms with Crippen molar-refractivity contribution in [3.8, 4) is 22.8 Å². The maximum atomic E-state index is 5.75. The topological polar surface area (TPSA) is 55.7 Å². The lowest BCUT2D eigenvalue weighted by molar-refractivity contribution is 0.288. The third kappa shape index (κ3) is 5.31. The molecule has 0 unspecified atom stereocenters. The fourth-order valence-corrected chi connectivity index (χ4v) is 3.11. The average Bonchev–Trinajstić information content (AvgIpc) is 3.18. The number of nitrogens with one attached hydrogen (secondary N) is 1. The minimum Gasteiger partial charge on any atom is -0.493 e. The number of rotatable bonds is 9. The number of benzene rings is 2. The molecule has 140 valence electrons. The Kier molecular flexibility index (Phi) is 6.82. The van der Waals surface area contributed by atoms with Gasteiger partial charge in [-0.05, 0) is 30.2 Å². The number of anilines is 1. The van der Waals surface area contributed by atoms with Crippen LogP contribution in [0.15, 0.2) is 59.0 Å². The van der Waals surface area contributed by atoms with Gasteiger partial charge in [-0.3, -0.25) is 5.43 Å². The normalized spacial score (nSPS) is 10.9. The van der Waals surface area contributed by atoms with Gasteiger partial charge in [0.15, 0.2) is 11.5 Å². The van der Waals surface area contributed by atoms with Crippen molar-refractivity contribution in [3.63, 3.8) is 0 Å². The van der Waals surface area contributed by atoms with Gasteiger partial charge in [-0.15, -0.1) is 11.3 Å². The van der Waals surface area contributed by atoms with Crippen molar-refractivity contribution in [1.82, 2.24) is 4.98 Å². The minimum atomic E-state index is 0.690. The van der Waals surface area contributed by atoms with E-state index in [0.29, 0.717) is 12.4 Å². The largest absolute Gasteiger partial charge is 0.493 e. The highest BCUT2D eigenvalue weighted by Gasteiger charge is 2.05. The number of hydrogen-bond acceptors (Lipinski definition) is 6. The molecule has 0 atom stereocenters. The third-order valence-electron chi connectivity index (χ3n) is 3.89. The second-order valence-electron chi connectivity index (χ2n) is 5.89. The fraction of sp³-hybridized carbons (Fsp3) is 0.238. The minimum absolute atomic E-state index is 0.690. The summed E-state index contributed by atoms with van der Waals surface area (Å²) >= 11 is 1.52. The summed E-state index contributed by atoms with van der Waals surface area (Å²) in [5, 5.41) is 7.04. The summed E-state index contributed by atoms with van der Waals surface area (Å²) in [4.78, 5) is 4.55. The van der Waals surface area contributed by atoms with Crippen LogP contribution in [0.5, 0.6) is 11.5 Å². The lowest BCUT2D eigenvalue weighted by atomic mass is 10.2. The molecule has 1 aromatic heterocycles. The van der Waals surface area contributed by atoms with Gasteiger partial charge >= 0.3 is 0 Å². The van der Waals surface area contributed by atoms with E-state index < -0.39 is 0 Å². The first-order valence-corrected chi connectivity index (χ1v) is 9.79. The molecule has 1 N–H and O–H groups in total. The number of methoxy groups -OCH3 is 1. The van der Waals surface area contributed by atoms with Crippen molar-refractivity contribution in [2.24, 2.45) is 5.10 Å². The molecule has 27 heavy (non-hydrogen) atoms. The smallest absolute Gasteiger partial charge is 0.203 e. The van der Waals surface area contributed by atoms with Crippen LogP contribution in [0.4, 0.5) is 5.13 Å². The molecule has 0 saturated heterocycles. The van der Waals surface area contributed by atoms with Crippen molar-refractivity contribution in [1.29, 1.82) is 0 Å². The Morgan fingerprint density at radius 1 is 1.15 bits per heavy atom. The zero-order valence-electron chi connectivity index (χ0n) is 15.5. The number of ether oxygens (including phenoxy) is 2. The van der Waals surface area contributed by atoms with Gasteiger partial charge in [-0.2, -0.15) is 5.10 Å². The summed E-state index contributed by atoms with van der Waals surface area (Å²) in [5.74, 6) is 1.46. The molecular formula is C21H23N3O2S. The van der Waals surface area contributed by atoms with Crippen molar-refractivity contribution < 1.29 is 9.47 Å². The quantitative estimate of drug-likeness (QED) is 0.304. The highest BCUT2D eigenvalue weighted by atomic mass is 32.1. The number of hydrazone groups is 1. The zero-order valence-corrected chi connectivity index (χ0v) is 16.3. The van der Waals surface area contributed by atoms with E-state index in [1.54, 1.807) is 13.3 Å². The van der Waals surface area contributed by atoms with Crippen LogP contribution in [-0.2, 0) is 0 Å². The Labute approximate surface area is 163 Å². The Bertz CT molecular complexity index is 878. The summed E-state index contributed by atoms with van der Waals surface area (Å²) in [6, 6.07) is 15.8. The molecule has 0 aliphatic rings. The fourth-order valence-electron chi connectivity index (χ4n) is 2.44. The van der Waals surface area contributed by atoms with Gasteiger partial charge in [0.2, 0.25) is 5.13 Å². The standard InChI is InChI=1S/C21H23N3O2S/c1-3-4-12-26-19-11-10-16(13-20(19)25-2)14-22-24-21-23-18(15-27-21)17-8-6-5-7-9-17/h5-11,13-15H,3-4,12H2,1-2H3,(H,23,24). The Balaban J connectivity index is 1.62. The number of thiazole rings is 1. The lowest BCUT2D eigenvalue weighted by Crippen LogP contribution is -1.99. The van der Waals surface area contributed by atoms with Crippen LogP contribution in [0.1, 0.15) is 25.3 Å². The molecule has 3 rings (SSSR count). The third-order valence-corrected chi connectivity index (χ3v) is 4.64. The molecule has 2 aromatic carbocycles. The summed E-state index contributed by atoms with van der Waals surface area (Å²) in [7, 11) is 1.64. The highest BCUT2D eigenvalue weighted by Crippen LogP contribution is 2.28. The van der Waals surface area contributed by atoms with Crippen molar-refractivity contribution in [2.45, 2.75) is 19.8 Å². The molecule has 0 bridgehead atoms. The summed E-state index contributed by atoms with van der Waals surface area (Å²) < 4.78 is 11.2. The first-order valence-electron chi connectivity index (χ1n) is 8.91. The summed E-state index contributed by atoms with van der Waals surface area (Å²) in [6.07, 6.45) is 3.86. The van der Waals surface area contributed by atoms with Crippen LogP contribution in [0.3, 0.4) is 0 Å². The van der Waals surface area contributed by atoms with Crippen molar-refractivity contribution >= 4 is 22.7 Å². The van der Waals surface area contributed by atoms with Gasteiger partial charge in [0.1, 0.15) is 0 Å². The van der Waals surface area contributed by atoms with E-state index in [1.807, 2.05) is 53.9 Å². The summed E-state index contributed by atoms with van der Waals surface area (Å²) in [6.45, 7) is 2.83. The van der Waals surface area contributed by atoms with E-state index in [9.17, 15) is 0 Å². The van der Waals surface area contributed by atoms with Crippen LogP contribution in [0.25, 0.3) is 11.3 Å². The maximum absolute atomic E-state index is 5.75. The molecule has 0 aliphatic carbocycles. The van der Waals surface area contributed by atoms with Gasteiger partial charge in [0, 0.05) is 10.9 Å². The molecule has 0 fully saturated rings. The number of hydrogen-bond donors (Lipinski definition) is 1. The van der Waals surface area contributed by atoms with Crippen molar-refractivity contribution in [3.05, 3.63) is 59.5 Å². The molecule has 0 aliphatic heterocycles. The van der Waals surface area contributed by atoms with Crippen molar-refractivity contribution in [2.75, 3.05) is 19.1 Å². The van der Waals surface area contributed by atoms with Crippen LogP contribution in [0.2, 0.25) is 0 Å². The maximum Gasteiger partial charge on any atom is 0.203 e. The molecule has 0 spiro atoms. The molecule has 6 heteroatoms. The molecule has 1 heterocycles. The molecule has 5 nitrogen and oxygen atoms in total. The number of nitrogens with zero attached hydrogens (tertiary/aromatic N) is 2. The second-order valence-corrected chi connectivity index (χ2v) is 6.74. The Morgan fingerprint density at radius 3 is 2.78 bits per heavy atom. The van der Waals surface area contributed by atoms with E-state index in [4.69, 9.17) is 9.47 Å². The number of unbranched alkanes of at least 4 members (excludes halogenated alkanes) is 1. The molecule has 3 aromatic rings. The van der Waals surface area contributed by atoms with E-state index in [0.717, 1.165) is 40.5 Å². The Morgan fingerprint density at radius 2 is 2.00 bits per heavy atom. The average molecular weight is 382 g/mol. The van der Waals surface area contributed by atoms with Gasteiger partial charge in [0.05, 0.1) is 25.6 Å². The predicted molar refractivity (Wildman–Crippen MR) is 112 cm³/mol. The predicted octanol–water partition coefficient (Wildman–Crippen LogP) is 5.44. The van der Waals surface area contributed by atoms with E-state index >= 15 is 0 Å². The molecular weight excluding hydrogens is 358 g/mol. The number of aromatic nitrogens is 1. The van der Waals surface area contributed by atoms with Gasteiger partial charge < -0.3 is 9.47 Å². The van der Waals surface area contributed by atoms with Crippen LogP contribution in [0, 0.1) is 0 Å². The second kappa shape index (κ2) is 9.73. The van der Waals surface area contributed by atoms with Gasteiger partial charge in [-0.1, -0.05) is 43.7 Å². The molecule has 0 saturated carbocycles. The zero-order chi connectivity index (χ0) is 18.9. The molecule has 0 radical (unpaired) electrons. The first kappa shape index (κ1) is 18.9. The first-order chi connectivity index (χ1) is 13.3. The molecule has 0 amide bonds. The van der Waals surface area contributed by atoms with Crippen LogP contribution in [-0.4, -0.2) is 24.9 Å². The van der Waals surface area contributed by atoms with Crippen LogP contribution < -0.4 is 14.9 Å². The summed E-state index contributed by atoms with van der Waals surface area (Å²) in [5.41, 5.74) is 5.93. The van der Waals surface area contributed by atoms with Gasteiger partial charge in [0.25, 0.3) is 0 Å². The SMILES string of the molecule is CCCCOc1ccc(C=NNc2nc(-c3ccccc3)cs2)cc1OC. The van der Waals surface area contributed by atoms with E-state index in [2.05, 4.69) is 22.4 Å².